The predicted molar refractivity (Wildman–Crippen MR) is 74.6 cm³/mol. The third-order valence-corrected chi connectivity index (χ3v) is 3.58. The number of phenols is 2. The Balaban J connectivity index is 2.03. The molecule has 0 saturated heterocycles. The average Bonchev–Trinajstić information content (AvgIpc) is 3.21. The van der Waals surface area contributed by atoms with Crippen LogP contribution in [-0.4, -0.2) is 24.7 Å². The highest BCUT2D eigenvalue weighted by Gasteiger charge is 2.30. The van der Waals surface area contributed by atoms with Crippen molar-refractivity contribution >= 4 is 11.2 Å². The minimum Gasteiger partial charge on any atom is -0.508 e. The van der Waals surface area contributed by atoms with Crippen molar-refractivity contribution in [3.8, 4) is 22.9 Å². The molecule has 0 spiro atoms. The third-order valence-electron chi connectivity index (χ3n) is 3.58. The zero-order valence-corrected chi connectivity index (χ0v) is 10.7. The first-order chi connectivity index (χ1) is 9.74. The van der Waals surface area contributed by atoms with Crippen molar-refractivity contribution in [2.75, 3.05) is 0 Å². The molecule has 2 N–H and O–H groups in total. The van der Waals surface area contributed by atoms with Gasteiger partial charge in [0.15, 0.2) is 5.65 Å². The Hall–Kier alpha value is -2.56. The number of imidazole rings is 1. The summed E-state index contributed by atoms with van der Waals surface area (Å²) in [6.07, 6.45) is 3.93. The second-order valence-corrected chi connectivity index (χ2v) is 5.08. The van der Waals surface area contributed by atoms with Crippen molar-refractivity contribution in [2.24, 2.45) is 0 Å². The smallest absolute Gasteiger partial charge is 0.160 e. The molecule has 100 valence electrons. The topological polar surface area (TPSA) is 71.2 Å². The maximum Gasteiger partial charge on any atom is 0.160 e. The second kappa shape index (κ2) is 3.96. The fraction of sp³-hybridized carbons (Fsp3) is 0.200. The number of aromatic hydroxyl groups is 2. The number of benzene rings is 1. The van der Waals surface area contributed by atoms with Gasteiger partial charge in [-0.1, -0.05) is 0 Å². The second-order valence-electron chi connectivity index (χ2n) is 5.08. The Labute approximate surface area is 115 Å². The van der Waals surface area contributed by atoms with Gasteiger partial charge < -0.3 is 14.8 Å². The van der Waals surface area contributed by atoms with Crippen molar-refractivity contribution in [2.45, 2.75) is 18.9 Å². The normalized spacial score (nSPS) is 14.8. The summed E-state index contributed by atoms with van der Waals surface area (Å²) in [7, 11) is 0. The summed E-state index contributed by atoms with van der Waals surface area (Å²) >= 11 is 0. The fourth-order valence-electron chi connectivity index (χ4n) is 2.50. The predicted octanol–water partition coefficient (Wildman–Crippen LogP) is 2.84. The van der Waals surface area contributed by atoms with E-state index < -0.39 is 0 Å². The number of phenolic OH excluding ortho intramolecular Hbond substituents is 2. The van der Waals surface area contributed by atoms with Crippen LogP contribution >= 0.6 is 0 Å². The van der Waals surface area contributed by atoms with Crippen LogP contribution in [0.25, 0.3) is 22.6 Å². The van der Waals surface area contributed by atoms with Crippen LogP contribution in [0.2, 0.25) is 0 Å². The van der Waals surface area contributed by atoms with Crippen LogP contribution in [0.1, 0.15) is 18.9 Å². The molecule has 20 heavy (non-hydrogen) atoms. The lowest BCUT2D eigenvalue weighted by Crippen LogP contribution is -1.98. The molecule has 1 aliphatic carbocycles. The molecule has 5 nitrogen and oxygen atoms in total. The van der Waals surface area contributed by atoms with Crippen LogP contribution in [0.15, 0.2) is 36.5 Å². The van der Waals surface area contributed by atoms with Crippen molar-refractivity contribution in [3.63, 3.8) is 0 Å². The van der Waals surface area contributed by atoms with E-state index in [0.29, 0.717) is 17.4 Å². The van der Waals surface area contributed by atoms with Gasteiger partial charge in [-0.05, 0) is 43.2 Å². The lowest BCUT2D eigenvalue weighted by molar-refractivity contribution is 0.461. The Kier molecular flexibility index (Phi) is 2.24. The summed E-state index contributed by atoms with van der Waals surface area (Å²) in [5.74, 6) is 0.884. The molecule has 0 amide bonds. The standard InChI is InChI=1S/C15H13N3O2/c19-10-5-6-13(20)11(8-10)14-17-12-2-1-7-16-15(12)18(14)9-3-4-9/h1-2,5-9,19-20H,3-4H2. The Morgan fingerprint density at radius 2 is 2.00 bits per heavy atom. The number of pyridine rings is 1. The van der Waals surface area contributed by atoms with E-state index in [1.807, 2.05) is 12.1 Å². The lowest BCUT2D eigenvalue weighted by Gasteiger charge is -2.08. The molecule has 5 heteroatoms. The lowest BCUT2D eigenvalue weighted by atomic mass is 10.1. The minimum absolute atomic E-state index is 0.111. The number of aromatic nitrogens is 3. The number of nitrogens with zero attached hydrogens (tertiary/aromatic N) is 3. The monoisotopic (exact) mass is 267 g/mol. The largest absolute Gasteiger partial charge is 0.508 e. The van der Waals surface area contributed by atoms with Crippen molar-refractivity contribution in [1.82, 2.24) is 14.5 Å². The highest BCUT2D eigenvalue weighted by Crippen LogP contribution is 2.42. The molecule has 2 heterocycles. The molecule has 3 aromatic rings. The van der Waals surface area contributed by atoms with E-state index in [-0.39, 0.29) is 11.5 Å². The molecule has 0 radical (unpaired) electrons. The zero-order valence-electron chi connectivity index (χ0n) is 10.7. The van der Waals surface area contributed by atoms with Gasteiger partial charge in [0, 0.05) is 12.2 Å². The van der Waals surface area contributed by atoms with E-state index in [9.17, 15) is 10.2 Å². The van der Waals surface area contributed by atoms with Crippen molar-refractivity contribution < 1.29 is 10.2 Å². The van der Waals surface area contributed by atoms with E-state index in [4.69, 9.17) is 0 Å². The van der Waals surface area contributed by atoms with E-state index in [1.54, 1.807) is 6.20 Å². The molecule has 1 saturated carbocycles. The Morgan fingerprint density at radius 3 is 2.80 bits per heavy atom. The molecule has 1 fully saturated rings. The van der Waals surface area contributed by atoms with E-state index >= 15 is 0 Å². The van der Waals surface area contributed by atoms with Crippen LogP contribution in [0.5, 0.6) is 11.5 Å². The van der Waals surface area contributed by atoms with Gasteiger partial charge in [-0.25, -0.2) is 9.97 Å². The molecule has 0 bridgehead atoms. The summed E-state index contributed by atoms with van der Waals surface area (Å²) in [6.45, 7) is 0. The van der Waals surface area contributed by atoms with Gasteiger partial charge in [0.1, 0.15) is 22.8 Å². The first-order valence-corrected chi connectivity index (χ1v) is 6.59. The average molecular weight is 267 g/mol. The molecule has 0 unspecified atom stereocenters. The number of hydrogen-bond donors (Lipinski definition) is 2. The fourth-order valence-corrected chi connectivity index (χ4v) is 2.50. The van der Waals surface area contributed by atoms with Gasteiger partial charge in [0.2, 0.25) is 0 Å². The van der Waals surface area contributed by atoms with Crippen LogP contribution in [0.4, 0.5) is 0 Å². The van der Waals surface area contributed by atoms with E-state index in [1.165, 1.54) is 18.2 Å². The van der Waals surface area contributed by atoms with E-state index in [0.717, 1.165) is 24.0 Å². The molecule has 1 aromatic carbocycles. The number of rotatable bonds is 2. The minimum atomic E-state index is 0.111. The summed E-state index contributed by atoms with van der Waals surface area (Å²) in [5.41, 5.74) is 2.17. The van der Waals surface area contributed by atoms with Gasteiger partial charge in [-0.3, -0.25) is 0 Å². The van der Waals surface area contributed by atoms with Crippen molar-refractivity contribution in [3.05, 3.63) is 36.5 Å². The molecule has 0 atom stereocenters. The number of hydrogen-bond acceptors (Lipinski definition) is 4. The van der Waals surface area contributed by atoms with Gasteiger partial charge in [-0.2, -0.15) is 0 Å². The zero-order chi connectivity index (χ0) is 13.7. The third kappa shape index (κ3) is 1.63. The number of fused-ring (bicyclic) bond motifs is 1. The van der Waals surface area contributed by atoms with Gasteiger partial charge in [0.25, 0.3) is 0 Å². The molecule has 0 aliphatic heterocycles. The molecule has 2 aromatic heterocycles. The van der Waals surface area contributed by atoms with Crippen LogP contribution in [0.3, 0.4) is 0 Å². The molecular weight excluding hydrogens is 254 g/mol. The molecular formula is C15H13N3O2. The molecule has 4 rings (SSSR count). The maximum atomic E-state index is 10.1. The first kappa shape index (κ1) is 11.3. The molecule has 1 aliphatic rings. The SMILES string of the molecule is Oc1ccc(O)c(-c2nc3cccnc3n2C2CC2)c1. The van der Waals surface area contributed by atoms with Crippen LogP contribution in [0, 0.1) is 0 Å². The summed E-state index contributed by atoms with van der Waals surface area (Å²) in [5, 5.41) is 19.7. The highest BCUT2D eigenvalue weighted by molar-refractivity contribution is 5.79. The summed E-state index contributed by atoms with van der Waals surface area (Å²) < 4.78 is 2.06. The summed E-state index contributed by atoms with van der Waals surface area (Å²) in [6, 6.07) is 8.61. The van der Waals surface area contributed by atoms with Crippen LogP contribution in [-0.2, 0) is 0 Å². The Morgan fingerprint density at radius 1 is 1.15 bits per heavy atom. The van der Waals surface area contributed by atoms with Crippen LogP contribution < -0.4 is 0 Å². The highest BCUT2D eigenvalue weighted by atomic mass is 16.3. The van der Waals surface area contributed by atoms with Gasteiger partial charge in [-0.15, -0.1) is 0 Å². The quantitative estimate of drug-likeness (QED) is 0.700. The Bertz CT molecular complexity index is 806. The van der Waals surface area contributed by atoms with E-state index in [2.05, 4.69) is 14.5 Å². The van der Waals surface area contributed by atoms with Crippen molar-refractivity contribution in [1.29, 1.82) is 0 Å². The van der Waals surface area contributed by atoms with Gasteiger partial charge >= 0.3 is 0 Å². The maximum absolute atomic E-state index is 10.1. The van der Waals surface area contributed by atoms with Gasteiger partial charge in [0.05, 0.1) is 5.56 Å². The summed E-state index contributed by atoms with van der Waals surface area (Å²) in [4.78, 5) is 8.97. The first-order valence-electron chi connectivity index (χ1n) is 6.59.